The van der Waals surface area contributed by atoms with Crippen molar-refractivity contribution in [1.29, 1.82) is 0 Å². The minimum atomic E-state index is -0.707. The van der Waals surface area contributed by atoms with Crippen LogP contribution in [0.5, 0.6) is 5.75 Å². The third-order valence-corrected chi connectivity index (χ3v) is 3.19. The zero-order chi connectivity index (χ0) is 14.6. The molecule has 0 saturated carbocycles. The highest BCUT2D eigenvalue weighted by Gasteiger charge is 2.40. The molecule has 1 aliphatic rings. The van der Waals surface area contributed by atoms with Crippen molar-refractivity contribution < 1.29 is 14.3 Å². The summed E-state index contributed by atoms with van der Waals surface area (Å²) in [5.41, 5.74) is 1.04. The monoisotopic (exact) mass is 263 g/mol. The van der Waals surface area contributed by atoms with Crippen LogP contribution < -0.4 is 4.74 Å². The Kier molecular flexibility index (Phi) is 5.21. The van der Waals surface area contributed by atoms with Gasteiger partial charge in [-0.3, -0.25) is 9.59 Å². The quantitative estimate of drug-likeness (QED) is 0.607. The number of carbonyl (C=O) groups excluding carboxylic acids is 2. The topological polar surface area (TPSA) is 56.3 Å². The molecule has 0 aromatic carbocycles. The molecule has 0 bridgehead atoms. The van der Waals surface area contributed by atoms with Crippen molar-refractivity contribution >= 4 is 11.8 Å². The van der Waals surface area contributed by atoms with Crippen molar-refractivity contribution in [2.45, 2.75) is 41.0 Å². The van der Waals surface area contributed by atoms with Crippen LogP contribution in [0.15, 0.2) is 12.1 Å². The molecule has 0 radical (unpaired) electrons. The van der Waals surface area contributed by atoms with Gasteiger partial charge in [-0.2, -0.15) is 0 Å². The summed E-state index contributed by atoms with van der Waals surface area (Å²) >= 11 is 0. The highest BCUT2D eigenvalue weighted by atomic mass is 16.5. The molecule has 2 rings (SSSR count). The number of aromatic nitrogens is 1. The lowest BCUT2D eigenvalue weighted by Gasteiger charge is -2.25. The molecule has 104 valence electrons. The molecule has 2 atom stereocenters. The van der Waals surface area contributed by atoms with Gasteiger partial charge in [-0.15, -0.1) is 0 Å². The van der Waals surface area contributed by atoms with Crippen LogP contribution >= 0.6 is 0 Å². The van der Waals surface area contributed by atoms with Crippen LogP contribution in [0.25, 0.3) is 0 Å². The average molecular weight is 263 g/mol. The number of ether oxygens (including phenoxy) is 1. The van der Waals surface area contributed by atoms with Gasteiger partial charge in [0.25, 0.3) is 0 Å². The Bertz CT molecular complexity index is 482. The molecule has 0 N–H and O–H groups in total. The first-order valence-corrected chi connectivity index (χ1v) is 6.78. The van der Waals surface area contributed by atoms with E-state index in [1.807, 2.05) is 34.6 Å². The van der Waals surface area contributed by atoms with Crippen LogP contribution in [0.1, 0.15) is 50.3 Å². The maximum atomic E-state index is 12.2. The van der Waals surface area contributed by atoms with E-state index in [-0.39, 0.29) is 23.1 Å². The fourth-order valence-corrected chi connectivity index (χ4v) is 1.96. The lowest BCUT2D eigenvalue weighted by molar-refractivity contribution is -0.139. The van der Waals surface area contributed by atoms with Crippen LogP contribution in [0.4, 0.5) is 0 Å². The summed E-state index contributed by atoms with van der Waals surface area (Å²) in [6.45, 7) is 9.64. The molecule has 0 saturated heterocycles. The third kappa shape index (κ3) is 3.00. The molecule has 4 nitrogen and oxygen atoms in total. The van der Waals surface area contributed by atoms with Gasteiger partial charge in [-0.1, -0.05) is 34.1 Å². The van der Waals surface area contributed by atoms with Crippen LogP contribution in [-0.2, 0) is 4.79 Å². The molecule has 1 aromatic heterocycles. The molecule has 0 fully saturated rings. The van der Waals surface area contributed by atoms with E-state index in [4.69, 9.17) is 4.74 Å². The second-order valence-electron chi connectivity index (χ2n) is 4.45. The van der Waals surface area contributed by atoms with E-state index in [2.05, 4.69) is 4.98 Å². The fourth-order valence-electron chi connectivity index (χ4n) is 1.96. The largest absolute Gasteiger partial charge is 0.424 e. The molecule has 19 heavy (non-hydrogen) atoms. The lowest BCUT2D eigenvalue weighted by atomic mass is 9.85. The zero-order valence-corrected chi connectivity index (χ0v) is 12.2. The van der Waals surface area contributed by atoms with Crippen molar-refractivity contribution in [2.24, 2.45) is 11.8 Å². The highest BCUT2D eigenvalue weighted by Crippen LogP contribution is 2.31. The zero-order valence-electron chi connectivity index (χ0n) is 12.2. The SMILES string of the molecule is CC.CCC(C)C1C(=O)Oc2ccc(C)nc2C1=O. The summed E-state index contributed by atoms with van der Waals surface area (Å²) in [4.78, 5) is 28.2. The molecule has 4 heteroatoms. The number of hydrogen-bond acceptors (Lipinski definition) is 4. The van der Waals surface area contributed by atoms with Gasteiger partial charge in [0.15, 0.2) is 11.5 Å². The maximum absolute atomic E-state index is 12.2. The van der Waals surface area contributed by atoms with E-state index in [1.165, 1.54) is 0 Å². The fraction of sp³-hybridized carbons (Fsp3) is 0.533. The van der Waals surface area contributed by atoms with Gasteiger partial charge in [-0.25, -0.2) is 4.98 Å². The smallest absolute Gasteiger partial charge is 0.322 e. The van der Waals surface area contributed by atoms with Gasteiger partial charge >= 0.3 is 5.97 Å². The summed E-state index contributed by atoms with van der Waals surface area (Å²) in [7, 11) is 0. The Morgan fingerprint density at radius 3 is 2.53 bits per heavy atom. The van der Waals surface area contributed by atoms with Gasteiger partial charge in [0.2, 0.25) is 0 Å². The summed E-state index contributed by atoms with van der Waals surface area (Å²) < 4.78 is 5.17. The Morgan fingerprint density at radius 2 is 1.95 bits per heavy atom. The molecule has 1 aliphatic heterocycles. The number of rotatable bonds is 2. The van der Waals surface area contributed by atoms with Crippen molar-refractivity contribution in [1.82, 2.24) is 4.98 Å². The van der Waals surface area contributed by atoms with Crippen molar-refractivity contribution in [3.63, 3.8) is 0 Å². The Hall–Kier alpha value is -1.71. The number of nitrogens with zero attached hydrogens (tertiary/aromatic N) is 1. The first kappa shape index (κ1) is 15.3. The van der Waals surface area contributed by atoms with Crippen LogP contribution in [0, 0.1) is 18.8 Å². The minimum Gasteiger partial charge on any atom is -0.424 e. The van der Waals surface area contributed by atoms with E-state index in [0.29, 0.717) is 0 Å². The third-order valence-electron chi connectivity index (χ3n) is 3.19. The molecule has 0 aliphatic carbocycles. The number of esters is 1. The van der Waals surface area contributed by atoms with Crippen molar-refractivity contribution in [3.8, 4) is 5.75 Å². The first-order valence-electron chi connectivity index (χ1n) is 6.78. The second kappa shape index (κ2) is 6.45. The van der Waals surface area contributed by atoms with Crippen LogP contribution in [-0.4, -0.2) is 16.7 Å². The van der Waals surface area contributed by atoms with E-state index < -0.39 is 11.9 Å². The Balaban J connectivity index is 0.000000861. The average Bonchev–Trinajstić information content (AvgIpc) is 2.42. The number of Topliss-reactive ketones (excluding diaryl/α,β-unsaturated/α-hetero) is 1. The molecule has 2 unspecified atom stereocenters. The van der Waals surface area contributed by atoms with E-state index in [0.717, 1.165) is 12.1 Å². The van der Waals surface area contributed by atoms with Crippen molar-refractivity contribution in [3.05, 3.63) is 23.5 Å². The van der Waals surface area contributed by atoms with Gasteiger partial charge in [0.1, 0.15) is 11.6 Å². The summed E-state index contributed by atoms with van der Waals surface area (Å²) in [5.74, 6) is -1.12. The number of ketones is 1. The maximum Gasteiger partial charge on any atom is 0.322 e. The normalized spacial score (nSPS) is 18.9. The molecule has 0 spiro atoms. The van der Waals surface area contributed by atoms with Gasteiger partial charge < -0.3 is 4.74 Å². The Morgan fingerprint density at radius 1 is 1.32 bits per heavy atom. The van der Waals surface area contributed by atoms with Gasteiger partial charge in [0.05, 0.1) is 0 Å². The summed E-state index contributed by atoms with van der Waals surface area (Å²) in [5, 5.41) is 0. The molecule has 1 aromatic rings. The first-order chi connectivity index (χ1) is 9.04. The molecular weight excluding hydrogens is 242 g/mol. The Labute approximate surface area is 114 Å². The van der Waals surface area contributed by atoms with Crippen LogP contribution in [0.3, 0.4) is 0 Å². The van der Waals surface area contributed by atoms with E-state index in [9.17, 15) is 9.59 Å². The van der Waals surface area contributed by atoms with Crippen molar-refractivity contribution in [2.75, 3.05) is 0 Å². The number of pyridine rings is 1. The van der Waals surface area contributed by atoms with E-state index in [1.54, 1.807) is 12.1 Å². The molecule has 0 amide bonds. The molecular formula is C15H21NO3. The standard InChI is InChI=1S/C13H15NO3.C2H6/c1-4-7(2)10-12(15)11-9(17-13(10)16)6-5-8(3)14-11;1-2/h5-7,10H,4H2,1-3H3;1-2H3. The number of aryl methyl sites for hydroxylation is 1. The number of hydrogen-bond donors (Lipinski definition) is 0. The van der Waals surface area contributed by atoms with Crippen LogP contribution in [0.2, 0.25) is 0 Å². The lowest BCUT2D eigenvalue weighted by Crippen LogP contribution is -2.38. The summed E-state index contributed by atoms with van der Waals surface area (Å²) in [6, 6.07) is 3.35. The van der Waals surface area contributed by atoms with Gasteiger partial charge in [0, 0.05) is 5.69 Å². The predicted octanol–water partition coefficient (Wildman–Crippen LogP) is 3.18. The van der Waals surface area contributed by atoms with Gasteiger partial charge in [-0.05, 0) is 25.0 Å². The number of carbonyl (C=O) groups is 2. The molecule has 2 heterocycles. The predicted molar refractivity (Wildman–Crippen MR) is 73.2 cm³/mol. The number of fused-ring (bicyclic) bond motifs is 1. The minimum absolute atomic E-state index is 0.0227. The summed E-state index contributed by atoms with van der Waals surface area (Å²) in [6.07, 6.45) is 0.757. The second-order valence-corrected chi connectivity index (χ2v) is 4.45. The van der Waals surface area contributed by atoms with E-state index >= 15 is 0 Å². The highest BCUT2D eigenvalue weighted by molar-refractivity contribution is 6.12.